The number of hydrogen-bond donors (Lipinski definition) is 1. The van der Waals surface area contributed by atoms with E-state index in [1.165, 1.54) is 0 Å². The maximum atomic E-state index is 13.2. The summed E-state index contributed by atoms with van der Waals surface area (Å²) in [6.45, 7) is 2.89. The van der Waals surface area contributed by atoms with Crippen molar-refractivity contribution in [2.45, 2.75) is 44.4 Å². The van der Waals surface area contributed by atoms with Gasteiger partial charge in [-0.2, -0.15) is 0 Å². The number of carboxylic acids is 1. The quantitative estimate of drug-likeness (QED) is 0.901. The van der Waals surface area contributed by atoms with Gasteiger partial charge in [0.15, 0.2) is 0 Å². The molecule has 1 aliphatic heterocycles. The van der Waals surface area contributed by atoms with Crippen molar-refractivity contribution >= 4 is 11.9 Å². The molecular weight excluding hydrogens is 306 g/mol. The zero-order valence-electron chi connectivity index (χ0n) is 14.4. The summed E-state index contributed by atoms with van der Waals surface area (Å²) in [5.41, 5.74) is -0.234. The number of rotatable bonds is 5. The first-order chi connectivity index (χ1) is 11.5. The standard InChI is InChI=1S/C19H25NO4/c1-3-18(17(22)23)9-4-12-20(13-18)16(21)19(10-11-19)14-5-7-15(24-2)8-6-14/h5-8H,3-4,9-13H2,1-2H3,(H,22,23)/t18-/m0/s1. The molecular formula is C19H25NO4. The van der Waals surface area contributed by atoms with Crippen LogP contribution in [0.25, 0.3) is 0 Å². The normalized spacial score (nSPS) is 25.2. The highest BCUT2D eigenvalue weighted by molar-refractivity contribution is 5.92. The number of ether oxygens (including phenoxy) is 1. The van der Waals surface area contributed by atoms with Gasteiger partial charge in [0.05, 0.1) is 17.9 Å². The van der Waals surface area contributed by atoms with Crippen molar-refractivity contribution in [1.82, 2.24) is 4.90 Å². The predicted octanol–water partition coefficient (Wildman–Crippen LogP) is 2.83. The molecule has 1 amide bonds. The summed E-state index contributed by atoms with van der Waals surface area (Å²) in [7, 11) is 1.62. The number of amides is 1. The molecule has 0 bridgehead atoms. The lowest BCUT2D eigenvalue weighted by atomic mass is 9.77. The molecule has 1 heterocycles. The first kappa shape index (κ1) is 16.8. The SMILES string of the molecule is CC[C@]1(C(=O)O)CCCN(C(=O)C2(c3ccc(OC)cc3)CC2)C1. The van der Waals surface area contributed by atoms with E-state index >= 15 is 0 Å². The lowest BCUT2D eigenvalue weighted by molar-refractivity contribution is -0.155. The molecule has 2 aliphatic rings. The number of piperidine rings is 1. The number of benzene rings is 1. The van der Waals surface area contributed by atoms with Crippen molar-refractivity contribution in [3.63, 3.8) is 0 Å². The van der Waals surface area contributed by atoms with Crippen molar-refractivity contribution in [1.29, 1.82) is 0 Å². The van der Waals surface area contributed by atoms with Gasteiger partial charge in [0.25, 0.3) is 0 Å². The van der Waals surface area contributed by atoms with Gasteiger partial charge in [-0.15, -0.1) is 0 Å². The average Bonchev–Trinajstić information content (AvgIpc) is 3.43. The van der Waals surface area contributed by atoms with Crippen LogP contribution in [0, 0.1) is 5.41 Å². The van der Waals surface area contributed by atoms with Crippen molar-refractivity contribution in [2.24, 2.45) is 5.41 Å². The summed E-state index contributed by atoms with van der Waals surface area (Å²) in [6.07, 6.45) is 3.63. The number of methoxy groups -OCH3 is 1. The fourth-order valence-corrected chi connectivity index (χ4v) is 3.88. The molecule has 2 fully saturated rings. The zero-order chi connectivity index (χ0) is 17.4. The Hall–Kier alpha value is -2.04. The Morgan fingerprint density at radius 1 is 1.21 bits per heavy atom. The lowest BCUT2D eigenvalue weighted by Crippen LogP contribution is -2.52. The Labute approximate surface area is 142 Å². The second-order valence-corrected chi connectivity index (χ2v) is 7.08. The van der Waals surface area contributed by atoms with Crippen molar-refractivity contribution in [3.8, 4) is 5.75 Å². The molecule has 1 atom stereocenters. The number of carbonyl (C=O) groups is 2. The van der Waals surface area contributed by atoms with E-state index < -0.39 is 16.8 Å². The van der Waals surface area contributed by atoms with E-state index in [2.05, 4.69) is 0 Å². The largest absolute Gasteiger partial charge is 0.497 e. The number of hydrogen-bond acceptors (Lipinski definition) is 3. The molecule has 5 heteroatoms. The Bertz CT molecular complexity index is 635. The summed E-state index contributed by atoms with van der Waals surface area (Å²) in [5.74, 6) is 0.0825. The van der Waals surface area contributed by atoms with Gasteiger partial charge in [0.2, 0.25) is 5.91 Å². The smallest absolute Gasteiger partial charge is 0.311 e. The van der Waals surface area contributed by atoms with Crippen LogP contribution in [-0.2, 0) is 15.0 Å². The second kappa shape index (κ2) is 6.11. The van der Waals surface area contributed by atoms with Gasteiger partial charge in [-0.1, -0.05) is 19.1 Å². The van der Waals surface area contributed by atoms with Crippen LogP contribution in [0.15, 0.2) is 24.3 Å². The third-order valence-electron chi connectivity index (χ3n) is 5.80. The number of carboxylic acid groups (broad SMARTS) is 1. The molecule has 1 aliphatic carbocycles. The van der Waals surface area contributed by atoms with E-state index in [-0.39, 0.29) is 5.91 Å². The van der Waals surface area contributed by atoms with Crippen LogP contribution < -0.4 is 4.74 Å². The second-order valence-electron chi connectivity index (χ2n) is 7.08. The number of aliphatic carboxylic acids is 1. The Morgan fingerprint density at radius 2 is 1.88 bits per heavy atom. The van der Waals surface area contributed by atoms with Gasteiger partial charge >= 0.3 is 5.97 Å². The molecule has 0 aromatic heterocycles. The Morgan fingerprint density at radius 3 is 2.38 bits per heavy atom. The highest BCUT2D eigenvalue weighted by Gasteiger charge is 2.54. The number of nitrogens with zero attached hydrogens (tertiary/aromatic N) is 1. The third kappa shape index (κ3) is 2.66. The minimum absolute atomic E-state index is 0.0893. The molecule has 5 nitrogen and oxygen atoms in total. The van der Waals surface area contributed by atoms with E-state index in [0.29, 0.717) is 25.9 Å². The van der Waals surface area contributed by atoms with E-state index in [4.69, 9.17) is 4.74 Å². The van der Waals surface area contributed by atoms with Crippen molar-refractivity contribution < 1.29 is 19.4 Å². The Kier molecular flexibility index (Phi) is 4.28. The molecule has 24 heavy (non-hydrogen) atoms. The summed E-state index contributed by atoms with van der Waals surface area (Å²) >= 11 is 0. The van der Waals surface area contributed by atoms with Crippen LogP contribution in [0.1, 0.15) is 44.6 Å². The molecule has 0 radical (unpaired) electrons. The van der Waals surface area contributed by atoms with E-state index in [0.717, 1.165) is 30.6 Å². The van der Waals surface area contributed by atoms with E-state index in [1.54, 1.807) is 12.0 Å². The van der Waals surface area contributed by atoms with Gasteiger partial charge in [-0.05, 0) is 49.8 Å². The summed E-state index contributed by atoms with van der Waals surface area (Å²) in [4.78, 5) is 26.7. The summed E-state index contributed by atoms with van der Waals surface area (Å²) in [5, 5.41) is 9.63. The van der Waals surface area contributed by atoms with Crippen LogP contribution >= 0.6 is 0 Å². The summed E-state index contributed by atoms with van der Waals surface area (Å²) < 4.78 is 5.19. The first-order valence-electron chi connectivity index (χ1n) is 8.65. The van der Waals surface area contributed by atoms with E-state index in [9.17, 15) is 14.7 Å². The molecule has 1 aromatic rings. The van der Waals surface area contributed by atoms with E-state index in [1.807, 2.05) is 31.2 Å². The van der Waals surface area contributed by atoms with Gasteiger partial charge in [0, 0.05) is 13.1 Å². The van der Waals surface area contributed by atoms with Crippen LogP contribution in [0.2, 0.25) is 0 Å². The minimum Gasteiger partial charge on any atom is -0.497 e. The number of carbonyl (C=O) groups excluding carboxylic acids is 1. The maximum absolute atomic E-state index is 13.2. The highest BCUT2D eigenvalue weighted by Crippen LogP contribution is 2.50. The lowest BCUT2D eigenvalue weighted by Gasteiger charge is -2.41. The molecule has 1 N–H and O–H groups in total. The van der Waals surface area contributed by atoms with Crippen molar-refractivity contribution in [2.75, 3.05) is 20.2 Å². The summed E-state index contributed by atoms with van der Waals surface area (Å²) in [6, 6.07) is 7.68. The third-order valence-corrected chi connectivity index (χ3v) is 5.80. The van der Waals surface area contributed by atoms with Crippen LogP contribution in [0.5, 0.6) is 5.75 Å². The number of likely N-dealkylation sites (tertiary alicyclic amines) is 1. The highest BCUT2D eigenvalue weighted by atomic mass is 16.5. The first-order valence-corrected chi connectivity index (χ1v) is 8.65. The van der Waals surface area contributed by atoms with Crippen LogP contribution in [0.4, 0.5) is 0 Å². The average molecular weight is 331 g/mol. The topological polar surface area (TPSA) is 66.8 Å². The Balaban J connectivity index is 1.81. The van der Waals surface area contributed by atoms with Gasteiger partial charge in [-0.25, -0.2) is 0 Å². The maximum Gasteiger partial charge on any atom is 0.311 e. The van der Waals surface area contributed by atoms with Gasteiger partial charge in [-0.3, -0.25) is 9.59 Å². The van der Waals surface area contributed by atoms with Gasteiger partial charge < -0.3 is 14.7 Å². The van der Waals surface area contributed by atoms with Crippen LogP contribution in [-0.4, -0.2) is 42.1 Å². The van der Waals surface area contributed by atoms with Gasteiger partial charge in [0.1, 0.15) is 5.75 Å². The minimum atomic E-state index is -0.788. The molecule has 1 aromatic carbocycles. The molecule has 1 saturated heterocycles. The van der Waals surface area contributed by atoms with Crippen LogP contribution in [0.3, 0.4) is 0 Å². The van der Waals surface area contributed by atoms with Crippen molar-refractivity contribution in [3.05, 3.63) is 29.8 Å². The predicted molar refractivity (Wildman–Crippen MR) is 90.1 cm³/mol. The monoisotopic (exact) mass is 331 g/mol. The fourth-order valence-electron chi connectivity index (χ4n) is 3.88. The molecule has 0 unspecified atom stereocenters. The molecule has 3 rings (SSSR count). The molecule has 0 spiro atoms. The zero-order valence-corrected chi connectivity index (χ0v) is 14.4. The molecule has 130 valence electrons. The fraction of sp³-hybridized carbons (Fsp3) is 0.579. The molecule has 1 saturated carbocycles.